The summed E-state index contributed by atoms with van der Waals surface area (Å²) in [5, 5.41) is 10.3. The molecule has 3 heterocycles. The molecule has 2 amide bonds. The highest BCUT2D eigenvalue weighted by atomic mass is 16.5. The van der Waals surface area contributed by atoms with Gasteiger partial charge in [0, 0.05) is 68.8 Å². The first kappa shape index (κ1) is 29.2. The van der Waals surface area contributed by atoms with Crippen molar-refractivity contribution in [2.24, 2.45) is 5.92 Å². The lowest BCUT2D eigenvalue weighted by Gasteiger charge is -2.37. The lowest BCUT2D eigenvalue weighted by molar-refractivity contribution is -0.145. The van der Waals surface area contributed by atoms with E-state index in [1.54, 1.807) is 0 Å². The normalized spacial score (nSPS) is 19.5. The van der Waals surface area contributed by atoms with Crippen LogP contribution in [-0.2, 0) is 16.1 Å². The molecule has 1 saturated carbocycles. The van der Waals surface area contributed by atoms with Crippen LogP contribution < -0.4 is 15.0 Å². The molecule has 9 heteroatoms. The number of anilines is 1. The van der Waals surface area contributed by atoms with Gasteiger partial charge in [-0.1, -0.05) is 30.3 Å². The molecule has 3 aromatic rings. The number of nitrogens with zero attached hydrogens (tertiary/aromatic N) is 4. The van der Waals surface area contributed by atoms with E-state index in [1.807, 2.05) is 49.3 Å². The van der Waals surface area contributed by atoms with Crippen molar-refractivity contribution in [1.29, 1.82) is 0 Å². The maximum atomic E-state index is 13.9. The van der Waals surface area contributed by atoms with Gasteiger partial charge in [-0.2, -0.15) is 5.10 Å². The number of H-pyrrole nitrogens is 1. The fourth-order valence-electron chi connectivity index (χ4n) is 6.34. The fraction of sp³-hybridized carbons (Fsp3) is 0.500. The average Bonchev–Trinajstić information content (AvgIpc) is 3.79. The molecule has 0 radical (unpaired) electrons. The second-order valence-electron chi connectivity index (χ2n) is 12.7. The largest absolute Gasteiger partial charge is 0.478 e. The molecule has 228 valence electrons. The molecule has 9 nitrogen and oxygen atoms in total. The van der Waals surface area contributed by atoms with Crippen molar-refractivity contribution in [3.05, 3.63) is 66.5 Å². The van der Waals surface area contributed by atoms with Gasteiger partial charge in [0.1, 0.15) is 5.75 Å². The Morgan fingerprint density at radius 1 is 1.00 bits per heavy atom. The lowest BCUT2D eigenvalue weighted by atomic mass is 9.95. The van der Waals surface area contributed by atoms with Crippen LogP contribution in [0.1, 0.15) is 51.5 Å². The zero-order valence-corrected chi connectivity index (χ0v) is 25.4. The molecular formula is C34H44N6O3. The van der Waals surface area contributed by atoms with Gasteiger partial charge in [-0.3, -0.25) is 14.7 Å². The Morgan fingerprint density at radius 2 is 1.84 bits per heavy atom. The Balaban J connectivity index is 1.10. The van der Waals surface area contributed by atoms with Crippen LogP contribution in [0, 0.1) is 5.92 Å². The first-order valence-corrected chi connectivity index (χ1v) is 15.8. The van der Waals surface area contributed by atoms with Gasteiger partial charge >= 0.3 is 0 Å². The molecular weight excluding hydrogens is 540 g/mol. The maximum absolute atomic E-state index is 13.9. The number of piperidine rings is 1. The van der Waals surface area contributed by atoms with E-state index in [1.165, 1.54) is 0 Å². The SMILES string of the molecule is CC(C)(Oc1cccc(N2CCC[C@@H](C(=O)N(Cc3ccc(-c4cn[nH]c4)cc3)C3CC3)C2)c1)C(=O)N1CCCNCC1. The second kappa shape index (κ2) is 12.8. The third-order valence-corrected chi connectivity index (χ3v) is 8.88. The Kier molecular flexibility index (Phi) is 8.70. The predicted octanol–water partition coefficient (Wildman–Crippen LogP) is 4.46. The molecule has 2 saturated heterocycles. The molecule has 0 unspecified atom stereocenters. The fourth-order valence-corrected chi connectivity index (χ4v) is 6.34. The smallest absolute Gasteiger partial charge is 0.266 e. The Morgan fingerprint density at radius 3 is 2.60 bits per heavy atom. The number of nitrogens with one attached hydrogen (secondary N) is 2. The van der Waals surface area contributed by atoms with Gasteiger partial charge in [-0.05, 0) is 75.8 Å². The van der Waals surface area contributed by atoms with Gasteiger partial charge in [-0.25, -0.2) is 0 Å². The Bertz CT molecular complexity index is 1380. The highest BCUT2D eigenvalue weighted by molar-refractivity contribution is 5.85. The van der Waals surface area contributed by atoms with E-state index in [0.717, 1.165) is 80.7 Å². The third-order valence-electron chi connectivity index (χ3n) is 8.88. The minimum Gasteiger partial charge on any atom is -0.478 e. The monoisotopic (exact) mass is 584 g/mol. The van der Waals surface area contributed by atoms with Crippen LogP contribution in [0.3, 0.4) is 0 Å². The summed E-state index contributed by atoms with van der Waals surface area (Å²) < 4.78 is 6.32. The third kappa shape index (κ3) is 7.04. The van der Waals surface area contributed by atoms with Crippen LogP contribution >= 0.6 is 0 Å². The summed E-state index contributed by atoms with van der Waals surface area (Å²) in [5.74, 6) is 0.910. The van der Waals surface area contributed by atoms with Crippen LogP contribution in [-0.4, -0.2) is 82.7 Å². The van der Waals surface area contributed by atoms with Crippen molar-refractivity contribution in [3.8, 4) is 16.9 Å². The number of amides is 2. The summed E-state index contributed by atoms with van der Waals surface area (Å²) in [6.07, 6.45) is 8.69. The predicted molar refractivity (Wildman–Crippen MR) is 168 cm³/mol. The maximum Gasteiger partial charge on any atom is 0.266 e. The number of aromatic nitrogens is 2. The molecule has 1 aliphatic carbocycles. The van der Waals surface area contributed by atoms with Crippen molar-refractivity contribution in [3.63, 3.8) is 0 Å². The van der Waals surface area contributed by atoms with Crippen molar-refractivity contribution in [2.75, 3.05) is 44.2 Å². The van der Waals surface area contributed by atoms with E-state index in [2.05, 4.69) is 55.6 Å². The number of hydrogen-bond acceptors (Lipinski definition) is 6. The van der Waals surface area contributed by atoms with Crippen molar-refractivity contribution >= 4 is 17.5 Å². The summed E-state index contributed by atoms with van der Waals surface area (Å²) in [5.41, 5.74) is 3.39. The van der Waals surface area contributed by atoms with E-state index in [9.17, 15) is 9.59 Å². The first-order valence-electron chi connectivity index (χ1n) is 15.8. The Hall–Kier alpha value is -3.85. The summed E-state index contributed by atoms with van der Waals surface area (Å²) in [6.45, 7) is 9.13. The summed E-state index contributed by atoms with van der Waals surface area (Å²) in [7, 11) is 0. The second-order valence-corrected chi connectivity index (χ2v) is 12.7. The number of hydrogen-bond donors (Lipinski definition) is 2. The first-order chi connectivity index (χ1) is 20.9. The highest BCUT2D eigenvalue weighted by Gasteiger charge is 2.38. The number of carbonyl (C=O) groups excluding carboxylic acids is 2. The molecule has 43 heavy (non-hydrogen) atoms. The van der Waals surface area contributed by atoms with Crippen molar-refractivity contribution in [2.45, 2.75) is 64.1 Å². The zero-order chi connectivity index (χ0) is 29.8. The number of ether oxygens (including phenoxy) is 1. The quantitative estimate of drug-likeness (QED) is 0.386. The van der Waals surface area contributed by atoms with Gasteiger partial charge in [-0.15, -0.1) is 0 Å². The van der Waals surface area contributed by atoms with Gasteiger partial charge in [0.15, 0.2) is 5.60 Å². The van der Waals surface area contributed by atoms with Crippen LogP contribution in [0.5, 0.6) is 5.75 Å². The number of benzene rings is 2. The molecule has 0 bridgehead atoms. The molecule has 2 aliphatic heterocycles. The minimum absolute atomic E-state index is 0.0153. The molecule has 3 fully saturated rings. The van der Waals surface area contributed by atoms with Gasteiger partial charge < -0.3 is 24.8 Å². The summed E-state index contributed by atoms with van der Waals surface area (Å²) >= 11 is 0. The summed E-state index contributed by atoms with van der Waals surface area (Å²) in [4.78, 5) is 33.6. The van der Waals surface area contributed by atoms with Crippen molar-refractivity contribution < 1.29 is 14.3 Å². The minimum atomic E-state index is -0.967. The van der Waals surface area contributed by atoms with Crippen LogP contribution in [0.2, 0.25) is 0 Å². The summed E-state index contributed by atoms with van der Waals surface area (Å²) in [6, 6.07) is 16.8. The molecule has 2 N–H and O–H groups in total. The van der Waals surface area contributed by atoms with Gasteiger partial charge in [0.05, 0.1) is 12.1 Å². The molecule has 0 spiro atoms. The van der Waals surface area contributed by atoms with E-state index in [4.69, 9.17) is 4.74 Å². The molecule has 3 aliphatic rings. The average molecular weight is 585 g/mol. The van der Waals surface area contributed by atoms with E-state index in [-0.39, 0.29) is 17.7 Å². The molecule has 2 aromatic carbocycles. The highest BCUT2D eigenvalue weighted by Crippen LogP contribution is 2.34. The number of aromatic amines is 1. The standard InChI is InChI=1S/C34H44N6O3/c1-34(2,33(42)38-18-5-15-35-16-19-38)43-31-8-3-7-30(20-31)39-17-4-6-27(24-39)32(41)40(29-13-14-29)23-25-9-11-26(12-10-25)28-21-36-37-22-28/h3,7-12,20-22,27,29,35H,4-6,13-19,23-24H2,1-2H3,(H,36,37)/t27-/m1/s1. The Labute approximate surface area is 254 Å². The van der Waals surface area contributed by atoms with Crippen LogP contribution in [0.15, 0.2) is 60.9 Å². The topological polar surface area (TPSA) is 93.8 Å². The molecule has 6 rings (SSSR count). The number of rotatable bonds is 9. The van der Waals surface area contributed by atoms with Crippen molar-refractivity contribution in [1.82, 2.24) is 25.3 Å². The van der Waals surface area contributed by atoms with Crippen LogP contribution in [0.4, 0.5) is 5.69 Å². The van der Waals surface area contributed by atoms with Gasteiger partial charge in [0.2, 0.25) is 5.91 Å². The molecule has 1 atom stereocenters. The van der Waals surface area contributed by atoms with E-state index < -0.39 is 5.60 Å². The zero-order valence-electron chi connectivity index (χ0n) is 25.4. The number of carbonyl (C=O) groups is 2. The lowest BCUT2D eigenvalue weighted by Crippen LogP contribution is -2.49. The molecule has 1 aromatic heterocycles. The van der Waals surface area contributed by atoms with Gasteiger partial charge in [0.25, 0.3) is 5.91 Å². The van der Waals surface area contributed by atoms with E-state index >= 15 is 0 Å². The van der Waals surface area contributed by atoms with E-state index in [0.29, 0.717) is 31.4 Å². The van der Waals surface area contributed by atoms with Crippen LogP contribution in [0.25, 0.3) is 11.1 Å².